The van der Waals surface area contributed by atoms with E-state index in [1.165, 1.54) is 21.9 Å². The Morgan fingerprint density at radius 3 is 2.47 bits per heavy atom. The van der Waals surface area contributed by atoms with E-state index in [4.69, 9.17) is 0 Å². The first-order valence-corrected chi connectivity index (χ1v) is 5.95. The Morgan fingerprint density at radius 2 is 1.80 bits per heavy atom. The van der Waals surface area contributed by atoms with Gasteiger partial charge in [0.1, 0.15) is 0 Å². The molecule has 0 aliphatic heterocycles. The van der Waals surface area contributed by atoms with Crippen LogP contribution in [0.1, 0.15) is 25.0 Å². The number of aryl methyl sites for hydroxylation is 1. The first kappa shape index (κ1) is 10.6. The smallest absolute Gasteiger partial charge is 0.0153 e. The molecule has 0 bridgehead atoms. The van der Waals surface area contributed by atoms with Gasteiger partial charge in [0.25, 0.3) is 0 Å². The molecular weight excluding hydrogens is 200 g/mol. The van der Waals surface area contributed by atoms with Crippen LogP contribution in [0.3, 0.4) is 0 Å². The van der Waals surface area contributed by atoms with Crippen LogP contribution in [0.2, 0.25) is 0 Å². The zero-order chi connectivity index (χ0) is 10.8. The predicted octanol–water partition coefficient (Wildman–Crippen LogP) is 4.25. The molecule has 0 saturated carbocycles. The number of rotatable bonds is 2. The lowest BCUT2D eigenvalue weighted by Crippen LogP contribution is -1.94. The molecule has 0 unspecified atom stereocenters. The molecule has 0 saturated heterocycles. The van der Waals surface area contributed by atoms with Gasteiger partial charge >= 0.3 is 0 Å². The molecule has 0 fully saturated rings. The minimum atomic E-state index is 1.06. The Morgan fingerprint density at radius 1 is 1.07 bits per heavy atom. The quantitative estimate of drug-likeness (QED) is 0.713. The molecule has 0 heterocycles. The zero-order valence-corrected chi connectivity index (χ0v) is 10.1. The lowest BCUT2D eigenvalue weighted by Gasteiger charge is -2.12. The Bertz CT molecular complexity index is 486. The standard InChI is InChI=1S/C14H16S/c1-3-10-9-11-7-5-6-8-13(11)14(15)12(10)4-2/h5-9,15H,3-4H2,1-2H3. The number of hydrogen-bond donors (Lipinski definition) is 1. The molecule has 0 N–H and O–H groups in total. The molecule has 0 amide bonds. The van der Waals surface area contributed by atoms with Gasteiger partial charge in [-0.05, 0) is 34.7 Å². The van der Waals surface area contributed by atoms with Crippen LogP contribution in [-0.4, -0.2) is 0 Å². The summed E-state index contributed by atoms with van der Waals surface area (Å²) in [5, 5.41) is 2.58. The highest BCUT2D eigenvalue weighted by atomic mass is 32.1. The summed E-state index contributed by atoms with van der Waals surface area (Å²) >= 11 is 4.67. The van der Waals surface area contributed by atoms with Crippen LogP contribution in [-0.2, 0) is 12.8 Å². The maximum absolute atomic E-state index is 4.67. The maximum atomic E-state index is 4.67. The Kier molecular flexibility index (Phi) is 3.01. The van der Waals surface area contributed by atoms with Crippen molar-refractivity contribution in [2.24, 2.45) is 0 Å². The van der Waals surface area contributed by atoms with Gasteiger partial charge < -0.3 is 0 Å². The molecule has 78 valence electrons. The summed E-state index contributed by atoms with van der Waals surface area (Å²) < 4.78 is 0. The van der Waals surface area contributed by atoms with Crippen LogP contribution in [0.5, 0.6) is 0 Å². The van der Waals surface area contributed by atoms with Crippen molar-refractivity contribution in [1.29, 1.82) is 0 Å². The highest BCUT2D eigenvalue weighted by Crippen LogP contribution is 2.29. The average molecular weight is 216 g/mol. The van der Waals surface area contributed by atoms with Crippen LogP contribution < -0.4 is 0 Å². The summed E-state index contributed by atoms with van der Waals surface area (Å²) in [5.74, 6) is 0. The van der Waals surface area contributed by atoms with Crippen molar-refractivity contribution in [3.8, 4) is 0 Å². The third-order valence-electron chi connectivity index (χ3n) is 2.95. The van der Waals surface area contributed by atoms with Gasteiger partial charge in [0.2, 0.25) is 0 Å². The number of fused-ring (bicyclic) bond motifs is 1. The fourth-order valence-electron chi connectivity index (χ4n) is 2.14. The van der Waals surface area contributed by atoms with E-state index in [-0.39, 0.29) is 0 Å². The van der Waals surface area contributed by atoms with Gasteiger partial charge in [-0.2, -0.15) is 0 Å². The lowest BCUT2D eigenvalue weighted by molar-refractivity contribution is 1.01. The summed E-state index contributed by atoms with van der Waals surface area (Å²) in [6.07, 6.45) is 2.15. The lowest BCUT2D eigenvalue weighted by atomic mass is 9.97. The van der Waals surface area contributed by atoms with E-state index in [2.05, 4.69) is 56.8 Å². The molecule has 2 aromatic rings. The minimum Gasteiger partial charge on any atom is -0.142 e. The normalized spacial score (nSPS) is 10.9. The summed E-state index contributed by atoms with van der Waals surface area (Å²) in [7, 11) is 0. The number of hydrogen-bond acceptors (Lipinski definition) is 1. The summed E-state index contributed by atoms with van der Waals surface area (Å²) in [6, 6.07) is 10.8. The van der Waals surface area contributed by atoms with Crippen molar-refractivity contribution < 1.29 is 0 Å². The summed E-state index contributed by atoms with van der Waals surface area (Å²) in [6.45, 7) is 4.40. The van der Waals surface area contributed by atoms with E-state index in [0.717, 1.165) is 17.7 Å². The van der Waals surface area contributed by atoms with Crippen LogP contribution in [0.4, 0.5) is 0 Å². The predicted molar refractivity (Wildman–Crippen MR) is 70.0 cm³/mol. The molecule has 1 heteroatoms. The molecule has 0 radical (unpaired) electrons. The van der Waals surface area contributed by atoms with Gasteiger partial charge in [0, 0.05) is 4.90 Å². The van der Waals surface area contributed by atoms with Crippen molar-refractivity contribution in [3.05, 3.63) is 41.5 Å². The second-order valence-electron chi connectivity index (χ2n) is 3.79. The molecule has 0 aliphatic carbocycles. The highest BCUT2D eigenvalue weighted by molar-refractivity contribution is 7.80. The largest absolute Gasteiger partial charge is 0.142 e. The SMILES string of the molecule is CCc1cc2ccccc2c(S)c1CC. The molecule has 2 aromatic carbocycles. The Balaban J connectivity index is 2.81. The number of thiol groups is 1. The second kappa shape index (κ2) is 4.28. The molecule has 15 heavy (non-hydrogen) atoms. The Hall–Kier alpha value is -0.950. The molecule has 0 spiro atoms. The molecule has 0 aliphatic rings. The molecule has 0 atom stereocenters. The van der Waals surface area contributed by atoms with Crippen molar-refractivity contribution in [2.45, 2.75) is 31.6 Å². The topological polar surface area (TPSA) is 0 Å². The Labute approximate surface area is 96.7 Å². The minimum absolute atomic E-state index is 1.06. The third-order valence-corrected chi connectivity index (χ3v) is 3.46. The van der Waals surface area contributed by atoms with Gasteiger partial charge in [-0.25, -0.2) is 0 Å². The van der Waals surface area contributed by atoms with Crippen LogP contribution >= 0.6 is 12.6 Å². The van der Waals surface area contributed by atoms with Gasteiger partial charge in [-0.15, -0.1) is 12.6 Å². The highest BCUT2D eigenvalue weighted by Gasteiger charge is 2.07. The van der Waals surface area contributed by atoms with Gasteiger partial charge in [0.05, 0.1) is 0 Å². The fourth-order valence-corrected chi connectivity index (χ4v) is 2.64. The molecule has 0 nitrogen and oxygen atoms in total. The summed E-state index contributed by atoms with van der Waals surface area (Å²) in [5.41, 5.74) is 2.83. The first-order valence-electron chi connectivity index (χ1n) is 5.50. The van der Waals surface area contributed by atoms with E-state index in [1.54, 1.807) is 0 Å². The van der Waals surface area contributed by atoms with E-state index in [9.17, 15) is 0 Å². The van der Waals surface area contributed by atoms with Gasteiger partial charge in [-0.3, -0.25) is 0 Å². The van der Waals surface area contributed by atoms with Gasteiger partial charge in [0.15, 0.2) is 0 Å². The molecular formula is C14H16S. The van der Waals surface area contributed by atoms with Crippen molar-refractivity contribution >= 4 is 23.4 Å². The van der Waals surface area contributed by atoms with Crippen LogP contribution in [0.15, 0.2) is 35.2 Å². The van der Waals surface area contributed by atoms with E-state index in [1.807, 2.05) is 0 Å². The van der Waals surface area contributed by atoms with Crippen molar-refractivity contribution in [3.63, 3.8) is 0 Å². The number of benzene rings is 2. The summed E-state index contributed by atoms with van der Waals surface area (Å²) in [4.78, 5) is 1.16. The molecule has 0 aromatic heterocycles. The second-order valence-corrected chi connectivity index (χ2v) is 4.24. The van der Waals surface area contributed by atoms with E-state index in [0.29, 0.717) is 0 Å². The molecule has 2 rings (SSSR count). The first-order chi connectivity index (χ1) is 7.27. The zero-order valence-electron chi connectivity index (χ0n) is 9.25. The van der Waals surface area contributed by atoms with Crippen LogP contribution in [0.25, 0.3) is 10.8 Å². The van der Waals surface area contributed by atoms with Crippen molar-refractivity contribution in [2.75, 3.05) is 0 Å². The third kappa shape index (κ3) is 1.76. The monoisotopic (exact) mass is 216 g/mol. The maximum Gasteiger partial charge on any atom is 0.0153 e. The van der Waals surface area contributed by atoms with Crippen molar-refractivity contribution in [1.82, 2.24) is 0 Å². The van der Waals surface area contributed by atoms with E-state index < -0.39 is 0 Å². The van der Waals surface area contributed by atoms with Crippen LogP contribution in [0, 0.1) is 0 Å². The van der Waals surface area contributed by atoms with E-state index >= 15 is 0 Å². The van der Waals surface area contributed by atoms with Gasteiger partial charge in [-0.1, -0.05) is 44.2 Å². The fraction of sp³-hybridized carbons (Fsp3) is 0.286. The average Bonchev–Trinajstić information content (AvgIpc) is 2.29.